The molecule has 0 aliphatic heterocycles. The van der Waals surface area contributed by atoms with Gasteiger partial charge in [0.05, 0.1) is 6.61 Å². The van der Waals surface area contributed by atoms with Crippen molar-refractivity contribution in [1.82, 2.24) is 0 Å². The summed E-state index contributed by atoms with van der Waals surface area (Å²) in [5.74, 6) is -1.90. The number of rotatable bonds is 4. The molecular formula is C9H11F2NOS. The average molecular weight is 219 g/mol. The van der Waals surface area contributed by atoms with Crippen molar-refractivity contribution >= 4 is 17.4 Å². The fraction of sp³-hybridized carbons (Fsp3) is 0.333. The number of alkyl halides is 2. The van der Waals surface area contributed by atoms with Gasteiger partial charge in [0.15, 0.2) is 0 Å². The van der Waals surface area contributed by atoms with Gasteiger partial charge >= 0.3 is 0 Å². The maximum absolute atomic E-state index is 12.1. The molecule has 0 bridgehead atoms. The molecule has 0 radical (unpaired) electrons. The smallest absolute Gasteiger partial charge is 0.288 e. The number of nitrogen functional groups attached to an aromatic ring is 1. The molecule has 0 spiro atoms. The van der Waals surface area contributed by atoms with Gasteiger partial charge in [0.25, 0.3) is 5.76 Å². The maximum atomic E-state index is 12.1. The van der Waals surface area contributed by atoms with Crippen LogP contribution < -0.4 is 10.5 Å². The van der Waals surface area contributed by atoms with E-state index in [0.717, 1.165) is 0 Å². The standard InChI is InChI=1S/C9H11F2NOS/c1-2-13-6-3-4-7(12)8(5-6)14-9(10)11/h3-5,9H,2,12H2,1H3. The Labute approximate surface area is 85.4 Å². The van der Waals surface area contributed by atoms with Crippen LogP contribution in [-0.2, 0) is 0 Å². The molecule has 0 atom stereocenters. The zero-order chi connectivity index (χ0) is 10.6. The quantitative estimate of drug-likeness (QED) is 0.624. The van der Waals surface area contributed by atoms with Crippen LogP contribution in [0.25, 0.3) is 0 Å². The van der Waals surface area contributed by atoms with Gasteiger partial charge in [-0.1, -0.05) is 11.8 Å². The fourth-order valence-corrected chi connectivity index (χ4v) is 1.55. The summed E-state index contributed by atoms with van der Waals surface area (Å²) in [6.45, 7) is 2.33. The molecule has 0 aromatic heterocycles. The molecular weight excluding hydrogens is 208 g/mol. The van der Waals surface area contributed by atoms with Gasteiger partial charge in [-0.15, -0.1) is 0 Å². The van der Waals surface area contributed by atoms with Crippen molar-refractivity contribution in [2.45, 2.75) is 17.6 Å². The van der Waals surface area contributed by atoms with E-state index in [9.17, 15) is 8.78 Å². The van der Waals surface area contributed by atoms with E-state index in [2.05, 4.69) is 0 Å². The van der Waals surface area contributed by atoms with Gasteiger partial charge in [0.2, 0.25) is 0 Å². The van der Waals surface area contributed by atoms with Gasteiger partial charge in [0, 0.05) is 10.6 Å². The van der Waals surface area contributed by atoms with E-state index in [4.69, 9.17) is 10.5 Å². The lowest BCUT2D eigenvalue weighted by Crippen LogP contribution is -1.95. The van der Waals surface area contributed by atoms with Crippen molar-refractivity contribution in [3.63, 3.8) is 0 Å². The summed E-state index contributed by atoms with van der Waals surface area (Å²) >= 11 is 0.427. The summed E-state index contributed by atoms with van der Waals surface area (Å²) in [7, 11) is 0. The monoisotopic (exact) mass is 219 g/mol. The molecule has 0 aliphatic carbocycles. The second-order valence-electron chi connectivity index (χ2n) is 2.51. The van der Waals surface area contributed by atoms with Crippen LogP contribution in [0.5, 0.6) is 5.75 Å². The first-order chi connectivity index (χ1) is 6.63. The predicted molar refractivity (Wildman–Crippen MR) is 53.9 cm³/mol. The molecule has 0 fully saturated rings. The number of thioether (sulfide) groups is 1. The van der Waals surface area contributed by atoms with Crippen molar-refractivity contribution in [2.24, 2.45) is 0 Å². The van der Waals surface area contributed by atoms with Crippen molar-refractivity contribution < 1.29 is 13.5 Å². The van der Waals surface area contributed by atoms with Crippen molar-refractivity contribution in [3.8, 4) is 5.75 Å². The van der Waals surface area contributed by atoms with Gasteiger partial charge in [-0.3, -0.25) is 0 Å². The van der Waals surface area contributed by atoms with E-state index in [0.29, 0.717) is 34.7 Å². The number of ether oxygens (including phenoxy) is 1. The topological polar surface area (TPSA) is 35.2 Å². The van der Waals surface area contributed by atoms with Gasteiger partial charge in [0.1, 0.15) is 5.75 Å². The maximum Gasteiger partial charge on any atom is 0.288 e. The van der Waals surface area contributed by atoms with Crippen LogP contribution in [0.15, 0.2) is 23.1 Å². The van der Waals surface area contributed by atoms with E-state index < -0.39 is 5.76 Å². The number of anilines is 1. The lowest BCUT2D eigenvalue weighted by molar-refractivity contribution is 0.252. The summed E-state index contributed by atoms with van der Waals surface area (Å²) in [5, 5.41) is 0. The lowest BCUT2D eigenvalue weighted by atomic mass is 10.3. The summed E-state index contributed by atoms with van der Waals surface area (Å²) in [4.78, 5) is 0.353. The number of halogens is 2. The van der Waals surface area contributed by atoms with Crippen LogP contribution in [0.4, 0.5) is 14.5 Å². The summed E-state index contributed by atoms with van der Waals surface area (Å²) < 4.78 is 29.3. The highest BCUT2D eigenvalue weighted by Crippen LogP contribution is 2.32. The molecule has 0 amide bonds. The number of benzene rings is 1. The third-order valence-electron chi connectivity index (χ3n) is 1.51. The van der Waals surface area contributed by atoms with Crippen LogP contribution in [0, 0.1) is 0 Å². The molecule has 0 saturated carbocycles. The van der Waals surface area contributed by atoms with Gasteiger partial charge < -0.3 is 10.5 Å². The Kier molecular flexibility index (Phi) is 4.00. The van der Waals surface area contributed by atoms with Crippen LogP contribution in [0.3, 0.4) is 0 Å². The Hall–Kier alpha value is -0.970. The number of hydrogen-bond donors (Lipinski definition) is 1. The Morgan fingerprint density at radius 1 is 1.50 bits per heavy atom. The molecule has 1 rings (SSSR count). The van der Waals surface area contributed by atoms with Gasteiger partial charge in [-0.05, 0) is 25.1 Å². The number of hydrogen-bond acceptors (Lipinski definition) is 3. The number of nitrogens with two attached hydrogens (primary N) is 1. The third kappa shape index (κ3) is 3.06. The Bertz CT molecular complexity index is 307. The first-order valence-electron chi connectivity index (χ1n) is 4.10. The fourth-order valence-electron chi connectivity index (χ4n) is 0.969. The van der Waals surface area contributed by atoms with Crippen LogP contribution in [0.2, 0.25) is 0 Å². The summed E-state index contributed by atoms with van der Waals surface area (Å²) in [6.07, 6.45) is 0. The van der Waals surface area contributed by atoms with Crippen LogP contribution in [0.1, 0.15) is 6.92 Å². The molecule has 5 heteroatoms. The average Bonchev–Trinajstić information content (AvgIpc) is 2.10. The van der Waals surface area contributed by atoms with Crippen molar-refractivity contribution in [2.75, 3.05) is 12.3 Å². The Morgan fingerprint density at radius 2 is 2.21 bits per heavy atom. The first kappa shape index (κ1) is 11.1. The summed E-state index contributed by atoms with van der Waals surface area (Å²) in [6, 6.07) is 4.75. The Balaban J connectivity index is 2.84. The molecule has 0 heterocycles. The van der Waals surface area contributed by atoms with E-state index >= 15 is 0 Å². The highest BCUT2D eigenvalue weighted by molar-refractivity contribution is 7.99. The molecule has 14 heavy (non-hydrogen) atoms. The highest BCUT2D eigenvalue weighted by Gasteiger charge is 2.09. The normalized spacial score (nSPS) is 10.6. The molecule has 0 unspecified atom stereocenters. The first-order valence-corrected chi connectivity index (χ1v) is 4.98. The van der Waals surface area contributed by atoms with Gasteiger partial charge in [-0.25, -0.2) is 0 Å². The van der Waals surface area contributed by atoms with E-state index in [1.807, 2.05) is 6.92 Å². The molecule has 0 aliphatic rings. The molecule has 2 nitrogen and oxygen atoms in total. The molecule has 78 valence electrons. The lowest BCUT2D eigenvalue weighted by Gasteiger charge is -2.08. The predicted octanol–water partition coefficient (Wildman–Crippen LogP) is 2.98. The third-order valence-corrected chi connectivity index (χ3v) is 2.30. The summed E-state index contributed by atoms with van der Waals surface area (Å²) in [5.41, 5.74) is 5.87. The van der Waals surface area contributed by atoms with E-state index in [-0.39, 0.29) is 0 Å². The highest BCUT2D eigenvalue weighted by atomic mass is 32.2. The minimum atomic E-state index is -2.46. The Morgan fingerprint density at radius 3 is 2.79 bits per heavy atom. The van der Waals surface area contributed by atoms with Gasteiger partial charge in [-0.2, -0.15) is 8.78 Å². The molecule has 2 N–H and O–H groups in total. The van der Waals surface area contributed by atoms with Crippen molar-refractivity contribution in [3.05, 3.63) is 18.2 Å². The zero-order valence-electron chi connectivity index (χ0n) is 7.67. The molecule has 1 aromatic carbocycles. The minimum absolute atomic E-state index is 0.346. The molecule has 0 saturated heterocycles. The van der Waals surface area contributed by atoms with Crippen LogP contribution in [-0.4, -0.2) is 12.4 Å². The second kappa shape index (κ2) is 5.05. The van der Waals surface area contributed by atoms with Crippen LogP contribution >= 0.6 is 11.8 Å². The van der Waals surface area contributed by atoms with E-state index in [1.165, 1.54) is 6.07 Å². The van der Waals surface area contributed by atoms with Crippen molar-refractivity contribution in [1.29, 1.82) is 0 Å². The second-order valence-corrected chi connectivity index (χ2v) is 3.54. The zero-order valence-corrected chi connectivity index (χ0v) is 8.48. The largest absolute Gasteiger partial charge is 0.494 e. The minimum Gasteiger partial charge on any atom is -0.494 e. The van der Waals surface area contributed by atoms with E-state index in [1.54, 1.807) is 12.1 Å². The SMILES string of the molecule is CCOc1ccc(N)c(SC(F)F)c1. The molecule has 1 aromatic rings.